The van der Waals surface area contributed by atoms with Crippen molar-refractivity contribution in [3.8, 4) is 0 Å². The van der Waals surface area contributed by atoms with Crippen molar-refractivity contribution in [1.82, 2.24) is 10.2 Å². The predicted molar refractivity (Wildman–Crippen MR) is 103 cm³/mol. The fourth-order valence-electron chi connectivity index (χ4n) is 3.36. The molecule has 0 aliphatic carbocycles. The fourth-order valence-corrected chi connectivity index (χ4v) is 3.54. The van der Waals surface area contributed by atoms with Crippen LogP contribution in [0.4, 0.5) is 0 Å². The highest BCUT2D eigenvalue weighted by atomic mass is 35.5. The number of nitrogens with one attached hydrogen (secondary N) is 1. The van der Waals surface area contributed by atoms with Gasteiger partial charge in [-0.3, -0.25) is 9.69 Å². The van der Waals surface area contributed by atoms with E-state index in [1.807, 2.05) is 0 Å². The molecule has 3 aromatic rings. The highest BCUT2D eigenvalue weighted by molar-refractivity contribution is 6.31. The molecule has 2 aromatic carbocycles. The molecule has 0 spiro atoms. The number of likely N-dealkylation sites (tertiary alicyclic amines) is 1. The zero-order chi connectivity index (χ0) is 17.9. The highest BCUT2D eigenvalue weighted by Gasteiger charge is 2.13. The molecule has 4 nitrogen and oxygen atoms in total. The maximum Gasteiger partial charge on any atom is 0.287 e. The summed E-state index contributed by atoms with van der Waals surface area (Å²) in [6.07, 6.45) is 2.61. The molecular weight excluding hydrogens is 348 g/mol. The summed E-state index contributed by atoms with van der Waals surface area (Å²) in [4.78, 5) is 14.8. The molecule has 5 heteroatoms. The lowest BCUT2D eigenvalue weighted by Gasteiger charge is -2.14. The van der Waals surface area contributed by atoms with Gasteiger partial charge in [0.15, 0.2) is 5.76 Å². The molecule has 0 saturated carbocycles. The Balaban J connectivity index is 1.35. The molecule has 0 radical (unpaired) electrons. The number of hydrogen-bond donors (Lipinski definition) is 1. The predicted octanol–water partition coefficient (Wildman–Crippen LogP) is 4.61. The molecule has 1 amide bonds. The topological polar surface area (TPSA) is 45.5 Å². The van der Waals surface area contributed by atoms with Gasteiger partial charge in [0, 0.05) is 23.5 Å². The summed E-state index contributed by atoms with van der Waals surface area (Å²) in [5.74, 6) is 0.0754. The van der Waals surface area contributed by atoms with Crippen LogP contribution < -0.4 is 5.32 Å². The molecule has 1 aliphatic rings. The number of halogens is 1. The lowest BCUT2D eigenvalue weighted by Crippen LogP contribution is -2.22. The Morgan fingerprint density at radius 1 is 1.04 bits per heavy atom. The number of nitrogens with zero attached hydrogens (tertiary/aromatic N) is 1. The zero-order valence-corrected chi connectivity index (χ0v) is 15.3. The standard InChI is InChI=1S/C21H21ClN2O2/c22-18-7-8-19-17(11-18)12-20(26-19)21(25)23-13-15-3-5-16(6-4-15)14-24-9-1-2-10-24/h3-8,11-12H,1-2,9-10,13-14H2,(H,23,25). The molecule has 1 aliphatic heterocycles. The third-order valence-corrected chi connectivity index (χ3v) is 5.02. The van der Waals surface area contributed by atoms with Gasteiger partial charge >= 0.3 is 0 Å². The Morgan fingerprint density at radius 3 is 2.54 bits per heavy atom. The first-order chi connectivity index (χ1) is 12.7. The van der Waals surface area contributed by atoms with Gasteiger partial charge in [-0.2, -0.15) is 0 Å². The van der Waals surface area contributed by atoms with Crippen molar-refractivity contribution in [1.29, 1.82) is 0 Å². The Morgan fingerprint density at radius 2 is 1.77 bits per heavy atom. The van der Waals surface area contributed by atoms with Crippen LogP contribution in [-0.2, 0) is 13.1 Å². The van der Waals surface area contributed by atoms with E-state index < -0.39 is 0 Å². The van der Waals surface area contributed by atoms with Crippen molar-refractivity contribution >= 4 is 28.5 Å². The van der Waals surface area contributed by atoms with Gasteiger partial charge in [0.05, 0.1) is 0 Å². The SMILES string of the molecule is O=C(NCc1ccc(CN2CCCC2)cc1)c1cc2cc(Cl)ccc2o1. The van der Waals surface area contributed by atoms with Crippen LogP contribution in [0.25, 0.3) is 11.0 Å². The molecule has 4 rings (SSSR count). The normalized spacial score (nSPS) is 14.8. The first-order valence-electron chi connectivity index (χ1n) is 8.95. The van der Waals surface area contributed by atoms with E-state index >= 15 is 0 Å². The molecule has 0 bridgehead atoms. The van der Waals surface area contributed by atoms with Gasteiger partial charge in [-0.1, -0.05) is 35.9 Å². The van der Waals surface area contributed by atoms with Crippen LogP contribution in [0.1, 0.15) is 34.5 Å². The number of carbonyl (C=O) groups excluding carboxylic acids is 1. The van der Waals surface area contributed by atoms with E-state index in [2.05, 4.69) is 34.5 Å². The van der Waals surface area contributed by atoms with E-state index in [0.717, 1.165) is 17.5 Å². The van der Waals surface area contributed by atoms with Crippen LogP contribution in [-0.4, -0.2) is 23.9 Å². The highest BCUT2D eigenvalue weighted by Crippen LogP contribution is 2.23. The second kappa shape index (κ2) is 7.52. The van der Waals surface area contributed by atoms with Crippen molar-refractivity contribution in [2.75, 3.05) is 13.1 Å². The van der Waals surface area contributed by atoms with Gasteiger partial charge in [-0.15, -0.1) is 0 Å². The largest absolute Gasteiger partial charge is 0.451 e. The van der Waals surface area contributed by atoms with Crippen LogP contribution in [0.15, 0.2) is 52.9 Å². The summed E-state index contributed by atoms with van der Waals surface area (Å²) in [6.45, 7) is 3.87. The molecule has 1 N–H and O–H groups in total. The van der Waals surface area contributed by atoms with Crippen LogP contribution in [0.3, 0.4) is 0 Å². The van der Waals surface area contributed by atoms with E-state index in [9.17, 15) is 4.79 Å². The molecule has 1 saturated heterocycles. The number of amides is 1. The van der Waals surface area contributed by atoms with Crippen LogP contribution in [0.5, 0.6) is 0 Å². The molecule has 134 valence electrons. The average Bonchev–Trinajstić information content (AvgIpc) is 3.30. The van der Waals surface area contributed by atoms with Crippen molar-refractivity contribution in [2.45, 2.75) is 25.9 Å². The lowest BCUT2D eigenvalue weighted by atomic mass is 10.1. The third kappa shape index (κ3) is 3.92. The van der Waals surface area contributed by atoms with Gasteiger partial charge in [0.1, 0.15) is 5.58 Å². The van der Waals surface area contributed by atoms with E-state index in [1.165, 1.54) is 31.5 Å². The summed E-state index contributed by atoms with van der Waals surface area (Å²) >= 11 is 5.97. The first kappa shape index (κ1) is 17.1. The minimum absolute atomic E-state index is 0.224. The maximum absolute atomic E-state index is 12.3. The first-order valence-corrected chi connectivity index (χ1v) is 9.33. The van der Waals surface area contributed by atoms with Crippen molar-refractivity contribution in [3.63, 3.8) is 0 Å². The quantitative estimate of drug-likeness (QED) is 0.715. The molecule has 1 aromatic heterocycles. The summed E-state index contributed by atoms with van der Waals surface area (Å²) in [7, 11) is 0. The van der Waals surface area contributed by atoms with Gasteiger partial charge < -0.3 is 9.73 Å². The number of benzene rings is 2. The number of carbonyl (C=O) groups is 1. The maximum atomic E-state index is 12.3. The Labute approximate surface area is 157 Å². The van der Waals surface area contributed by atoms with Crippen molar-refractivity contribution in [3.05, 3.63) is 70.4 Å². The summed E-state index contributed by atoms with van der Waals surface area (Å²) < 4.78 is 5.59. The second-order valence-electron chi connectivity index (χ2n) is 6.78. The molecule has 0 atom stereocenters. The van der Waals surface area contributed by atoms with E-state index in [4.69, 9.17) is 16.0 Å². The van der Waals surface area contributed by atoms with Crippen LogP contribution in [0, 0.1) is 0 Å². The van der Waals surface area contributed by atoms with E-state index in [0.29, 0.717) is 22.9 Å². The molecule has 0 unspecified atom stereocenters. The van der Waals surface area contributed by atoms with Crippen molar-refractivity contribution in [2.24, 2.45) is 0 Å². The van der Waals surface area contributed by atoms with Crippen LogP contribution >= 0.6 is 11.6 Å². The monoisotopic (exact) mass is 368 g/mol. The Bertz CT molecular complexity index is 911. The number of furan rings is 1. The van der Waals surface area contributed by atoms with Crippen LogP contribution in [0.2, 0.25) is 5.02 Å². The minimum atomic E-state index is -0.224. The number of fused-ring (bicyclic) bond motifs is 1. The number of rotatable bonds is 5. The summed E-state index contributed by atoms with van der Waals surface area (Å²) in [5, 5.41) is 4.36. The fraction of sp³-hybridized carbons (Fsp3) is 0.286. The lowest BCUT2D eigenvalue weighted by molar-refractivity contribution is 0.0925. The van der Waals surface area contributed by atoms with E-state index in [-0.39, 0.29) is 5.91 Å². The van der Waals surface area contributed by atoms with Gasteiger partial charge in [-0.25, -0.2) is 0 Å². The van der Waals surface area contributed by atoms with Crippen molar-refractivity contribution < 1.29 is 9.21 Å². The third-order valence-electron chi connectivity index (χ3n) is 4.78. The molecule has 26 heavy (non-hydrogen) atoms. The van der Waals surface area contributed by atoms with E-state index in [1.54, 1.807) is 24.3 Å². The summed E-state index contributed by atoms with van der Waals surface area (Å²) in [5.41, 5.74) is 3.05. The molecular formula is C21H21ClN2O2. The van der Waals surface area contributed by atoms with Gasteiger partial charge in [0.25, 0.3) is 5.91 Å². The zero-order valence-electron chi connectivity index (χ0n) is 14.5. The van der Waals surface area contributed by atoms with Gasteiger partial charge in [-0.05, 0) is 61.3 Å². The smallest absolute Gasteiger partial charge is 0.287 e. The summed E-state index contributed by atoms with van der Waals surface area (Å²) in [6, 6.07) is 15.5. The molecule has 1 fully saturated rings. The second-order valence-corrected chi connectivity index (χ2v) is 7.21. The molecule has 2 heterocycles. The number of hydrogen-bond acceptors (Lipinski definition) is 3. The minimum Gasteiger partial charge on any atom is -0.451 e. The van der Waals surface area contributed by atoms with Gasteiger partial charge in [0.2, 0.25) is 0 Å². The average molecular weight is 369 g/mol. The Kier molecular flexibility index (Phi) is 4.96. The Hall–Kier alpha value is -2.30.